The summed E-state index contributed by atoms with van der Waals surface area (Å²) in [6, 6.07) is 17.2. The van der Waals surface area contributed by atoms with Crippen LogP contribution in [0.3, 0.4) is 0 Å². The van der Waals surface area contributed by atoms with Gasteiger partial charge in [-0.05, 0) is 17.2 Å². The van der Waals surface area contributed by atoms with Crippen LogP contribution < -0.4 is 0 Å². The van der Waals surface area contributed by atoms with Crippen LogP contribution >= 0.6 is 0 Å². The second-order valence-electron chi connectivity index (χ2n) is 5.50. The van der Waals surface area contributed by atoms with Gasteiger partial charge in [0.1, 0.15) is 0 Å². The van der Waals surface area contributed by atoms with Crippen molar-refractivity contribution in [3.05, 3.63) is 77.4 Å². The number of hydrogen-bond donors (Lipinski definition) is 1. The summed E-state index contributed by atoms with van der Waals surface area (Å²) in [6.45, 7) is 2.65. The van der Waals surface area contributed by atoms with Crippen LogP contribution in [0.1, 0.15) is 21.5 Å². The van der Waals surface area contributed by atoms with Gasteiger partial charge in [-0.3, -0.25) is 4.90 Å². The van der Waals surface area contributed by atoms with E-state index < -0.39 is 5.97 Å². The Hall–Kier alpha value is -2.43. The molecule has 24 heavy (non-hydrogen) atoms. The van der Waals surface area contributed by atoms with Crippen molar-refractivity contribution in [2.45, 2.75) is 6.54 Å². The van der Waals surface area contributed by atoms with E-state index in [1.165, 1.54) is 0 Å². The average molecular weight is 325 g/mol. The van der Waals surface area contributed by atoms with Crippen molar-refractivity contribution < 1.29 is 14.6 Å². The summed E-state index contributed by atoms with van der Waals surface area (Å²) in [5.41, 5.74) is 2.32. The summed E-state index contributed by atoms with van der Waals surface area (Å²) in [7, 11) is 1.67. The molecule has 2 aromatic rings. The molecule has 0 fully saturated rings. The van der Waals surface area contributed by atoms with Crippen LogP contribution in [-0.4, -0.2) is 42.8 Å². The molecule has 1 N–H and O–H groups in total. The van der Waals surface area contributed by atoms with Crippen LogP contribution in [0, 0.1) is 0 Å². The first-order chi connectivity index (χ1) is 11.7. The first-order valence-electron chi connectivity index (χ1n) is 7.95. The fourth-order valence-electron chi connectivity index (χ4n) is 2.47. The van der Waals surface area contributed by atoms with Crippen LogP contribution in [0.2, 0.25) is 0 Å². The third-order valence-corrected chi connectivity index (χ3v) is 3.73. The minimum atomic E-state index is -0.892. The van der Waals surface area contributed by atoms with Gasteiger partial charge in [0.05, 0.1) is 12.2 Å². The van der Waals surface area contributed by atoms with E-state index in [1.807, 2.05) is 30.3 Å². The van der Waals surface area contributed by atoms with Gasteiger partial charge in [-0.1, -0.05) is 60.7 Å². The topological polar surface area (TPSA) is 49.8 Å². The first-order valence-corrected chi connectivity index (χ1v) is 7.95. The van der Waals surface area contributed by atoms with Crippen molar-refractivity contribution in [3.63, 3.8) is 0 Å². The standard InChI is InChI=1S/C20H23NO3/c1-24-15-14-21(13-7-10-17-8-3-2-4-9-17)16-18-11-5-6-12-19(18)20(22)23/h2-12H,13-16H2,1H3,(H,22,23)/b10-7+. The van der Waals surface area contributed by atoms with Crippen LogP contribution in [0.5, 0.6) is 0 Å². The van der Waals surface area contributed by atoms with Gasteiger partial charge in [-0.2, -0.15) is 0 Å². The second-order valence-corrected chi connectivity index (χ2v) is 5.50. The lowest BCUT2D eigenvalue weighted by molar-refractivity contribution is 0.0694. The molecular formula is C20H23NO3. The van der Waals surface area contributed by atoms with Crippen molar-refractivity contribution >= 4 is 12.0 Å². The van der Waals surface area contributed by atoms with Gasteiger partial charge in [-0.25, -0.2) is 4.79 Å². The molecule has 4 nitrogen and oxygen atoms in total. The Morgan fingerprint density at radius 3 is 2.54 bits per heavy atom. The Kier molecular flexibility index (Phi) is 7.21. The average Bonchev–Trinajstić information content (AvgIpc) is 2.60. The fraction of sp³-hybridized carbons (Fsp3) is 0.250. The summed E-state index contributed by atoms with van der Waals surface area (Å²) in [6.07, 6.45) is 4.16. The number of rotatable bonds is 9. The van der Waals surface area contributed by atoms with Crippen molar-refractivity contribution in [2.75, 3.05) is 26.8 Å². The number of aromatic carboxylic acids is 1. The van der Waals surface area contributed by atoms with Gasteiger partial charge in [0.25, 0.3) is 0 Å². The van der Waals surface area contributed by atoms with Crippen LogP contribution in [-0.2, 0) is 11.3 Å². The molecule has 0 aliphatic rings. The van der Waals surface area contributed by atoms with Gasteiger partial charge in [0, 0.05) is 26.7 Å². The zero-order valence-corrected chi connectivity index (χ0v) is 13.9. The molecule has 0 saturated heterocycles. The highest BCUT2D eigenvalue weighted by molar-refractivity contribution is 5.89. The van der Waals surface area contributed by atoms with Crippen LogP contribution in [0.15, 0.2) is 60.7 Å². The van der Waals surface area contributed by atoms with E-state index in [0.717, 1.165) is 24.2 Å². The molecule has 2 rings (SSSR count). The fourth-order valence-corrected chi connectivity index (χ4v) is 2.47. The largest absolute Gasteiger partial charge is 0.478 e. The predicted molar refractivity (Wildman–Crippen MR) is 96.0 cm³/mol. The molecule has 0 bridgehead atoms. The molecule has 4 heteroatoms. The van der Waals surface area contributed by atoms with E-state index in [2.05, 4.69) is 29.2 Å². The molecular weight excluding hydrogens is 302 g/mol. The molecule has 0 aliphatic carbocycles. The third-order valence-electron chi connectivity index (χ3n) is 3.73. The second kappa shape index (κ2) is 9.65. The zero-order chi connectivity index (χ0) is 17.2. The maximum absolute atomic E-state index is 11.4. The highest BCUT2D eigenvalue weighted by Gasteiger charge is 2.12. The monoisotopic (exact) mass is 325 g/mol. The molecule has 2 aromatic carbocycles. The SMILES string of the molecule is COCCN(C/C=C/c1ccccc1)Cc1ccccc1C(=O)O. The van der Waals surface area contributed by atoms with Crippen molar-refractivity contribution in [2.24, 2.45) is 0 Å². The molecule has 126 valence electrons. The van der Waals surface area contributed by atoms with Gasteiger partial charge in [0.2, 0.25) is 0 Å². The van der Waals surface area contributed by atoms with E-state index in [4.69, 9.17) is 4.74 Å². The molecule has 0 unspecified atom stereocenters. The minimum absolute atomic E-state index is 0.354. The Bertz CT molecular complexity index is 668. The molecule has 0 saturated carbocycles. The van der Waals surface area contributed by atoms with Gasteiger partial charge < -0.3 is 9.84 Å². The molecule has 0 heterocycles. The first kappa shape index (κ1) is 17.9. The van der Waals surface area contributed by atoms with Crippen molar-refractivity contribution in [3.8, 4) is 0 Å². The Labute approximate surface area is 143 Å². The molecule has 0 aromatic heterocycles. The minimum Gasteiger partial charge on any atom is -0.478 e. The number of nitrogens with zero attached hydrogens (tertiary/aromatic N) is 1. The number of ether oxygens (including phenoxy) is 1. The van der Waals surface area contributed by atoms with Gasteiger partial charge in [0.15, 0.2) is 0 Å². The van der Waals surface area contributed by atoms with Crippen LogP contribution in [0.4, 0.5) is 0 Å². The number of carbonyl (C=O) groups is 1. The lowest BCUT2D eigenvalue weighted by Gasteiger charge is -2.21. The number of carboxylic acids is 1. The van der Waals surface area contributed by atoms with E-state index in [1.54, 1.807) is 19.2 Å². The molecule has 0 atom stereocenters. The lowest BCUT2D eigenvalue weighted by atomic mass is 10.1. The maximum atomic E-state index is 11.4. The van der Waals surface area contributed by atoms with Gasteiger partial charge in [-0.15, -0.1) is 0 Å². The molecule has 0 spiro atoms. The van der Waals surface area contributed by atoms with Crippen LogP contribution in [0.25, 0.3) is 6.08 Å². The normalized spacial score (nSPS) is 11.2. The number of benzene rings is 2. The summed E-state index contributed by atoms with van der Waals surface area (Å²) in [4.78, 5) is 13.5. The number of methoxy groups -OCH3 is 1. The van der Waals surface area contributed by atoms with E-state index >= 15 is 0 Å². The highest BCUT2D eigenvalue weighted by Crippen LogP contribution is 2.12. The zero-order valence-electron chi connectivity index (χ0n) is 13.9. The Morgan fingerprint density at radius 1 is 1.12 bits per heavy atom. The van der Waals surface area contributed by atoms with E-state index in [-0.39, 0.29) is 0 Å². The highest BCUT2D eigenvalue weighted by atomic mass is 16.5. The lowest BCUT2D eigenvalue weighted by Crippen LogP contribution is -2.28. The summed E-state index contributed by atoms with van der Waals surface area (Å²) >= 11 is 0. The van der Waals surface area contributed by atoms with Crippen molar-refractivity contribution in [1.82, 2.24) is 4.90 Å². The summed E-state index contributed by atoms with van der Waals surface area (Å²) in [5.74, 6) is -0.892. The van der Waals surface area contributed by atoms with Crippen molar-refractivity contribution in [1.29, 1.82) is 0 Å². The third kappa shape index (κ3) is 5.65. The molecule has 0 radical (unpaired) electrons. The number of hydrogen-bond acceptors (Lipinski definition) is 3. The molecule has 0 amide bonds. The quantitative estimate of drug-likeness (QED) is 0.766. The summed E-state index contributed by atoms with van der Waals surface area (Å²) < 4.78 is 5.17. The smallest absolute Gasteiger partial charge is 0.336 e. The Balaban J connectivity index is 2.05. The van der Waals surface area contributed by atoms with E-state index in [9.17, 15) is 9.90 Å². The predicted octanol–water partition coefficient (Wildman–Crippen LogP) is 3.55. The maximum Gasteiger partial charge on any atom is 0.336 e. The molecule has 0 aliphatic heterocycles. The van der Waals surface area contributed by atoms with E-state index in [0.29, 0.717) is 18.7 Å². The van der Waals surface area contributed by atoms with Gasteiger partial charge >= 0.3 is 5.97 Å². The number of carboxylic acid groups (broad SMARTS) is 1. The summed E-state index contributed by atoms with van der Waals surface area (Å²) in [5, 5.41) is 9.32. The Morgan fingerprint density at radius 2 is 1.83 bits per heavy atom.